The fourth-order valence-corrected chi connectivity index (χ4v) is 3.50. The van der Waals surface area contributed by atoms with Gasteiger partial charge in [0.25, 0.3) is 5.91 Å². The second-order valence-corrected chi connectivity index (χ2v) is 6.85. The molecule has 27 heavy (non-hydrogen) atoms. The maximum Gasteiger partial charge on any atom is 0.254 e. The van der Waals surface area contributed by atoms with E-state index in [9.17, 15) is 9.59 Å². The van der Waals surface area contributed by atoms with E-state index in [1.807, 2.05) is 12.1 Å². The number of ether oxygens (including phenoxy) is 1. The molecule has 7 nitrogen and oxygen atoms in total. The molecular weight excluding hydrogens is 344 g/mol. The summed E-state index contributed by atoms with van der Waals surface area (Å²) in [5, 5.41) is 8.94. The van der Waals surface area contributed by atoms with Gasteiger partial charge in [0.2, 0.25) is 5.91 Å². The summed E-state index contributed by atoms with van der Waals surface area (Å²) < 4.78 is 5.36. The molecule has 2 aliphatic rings. The predicted octanol–water partition coefficient (Wildman–Crippen LogP) is 1.50. The van der Waals surface area contributed by atoms with Gasteiger partial charge in [0, 0.05) is 56.9 Å². The minimum Gasteiger partial charge on any atom is -0.379 e. The molecule has 3 rings (SSSR count). The number of nitrogens with zero attached hydrogens (tertiary/aromatic N) is 4. The van der Waals surface area contributed by atoms with Gasteiger partial charge in [-0.05, 0) is 24.6 Å². The first-order valence-corrected chi connectivity index (χ1v) is 9.56. The van der Waals surface area contributed by atoms with Crippen molar-refractivity contribution in [3.63, 3.8) is 0 Å². The zero-order valence-corrected chi connectivity index (χ0v) is 15.6. The van der Waals surface area contributed by atoms with E-state index in [1.165, 1.54) is 0 Å². The Morgan fingerprint density at radius 1 is 1.22 bits per heavy atom. The van der Waals surface area contributed by atoms with Crippen LogP contribution in [-0.2, 0) is 9.53 Å². The number of hydrogen-bond acceptors (Lipinski definition) is 5. The first kappa shape index (κ1) is 19.3. The van der Waals surface area contributed by atoms with Crippen molar-refractivity contribution in [3.05, 3.63) is 29.8 Å². The molecule has 2 amide bonds. The summed E-state index contributed by atoms with van der Waals surface area (Å²) >= 11 is 0. The van der Waals surface area contributed by atoms with E-state index in [-0.39, 0.29) is 11.8 Å². The highest BCUT2D eigenvalue weighted by Crippen LogP contribution is 2.23. The van der Waals surface area contributed by atoms with E-state index in [2.05, 4.69) is 11.0 Å². The largest absolute Gasteiger partial charge is 0.379 e. The molecule has 2 aliphatic heterocycles. The average Bonchev–Trinajstić information content (AvgIpc) is 3.14. The van der Waals surface area contributed by atoms with Gasteiger partial charge in [-0.15, -0.1) is 0 Å². The Kier molecular flexibility index (Phi) is 6.80. The number of nitriles is 1. The molecule has 0 bridgehead atoms. The van der Waals surface area contributed by atoms with Gasteiger partial charge in [-0.1, -0.05) is 6.07 Å². The van der Waals surface area contributed by atoms with Crippen molar-refractivity contribution in [1.29, 1.82) is 5.26 Å². The van der Waals surface area contributed by atoms with Crippen molar-refractivity contribution in [3.8, 4) is 6.07 Å². The van der Waals surface area contributed by atoms with Crippen LogP contribution < -0.4 is 4.90 Å². The summed E-state index contributed by atoms with van der Waals surface area (Å²) in [4.78, 5) is 30.8. The molecule has 144 valence electrons. The molecular formula is C20H26N4O3. The number of benzene rings is 1. The minimum absolute atomic E-state index is 0.0907. The van der Waals surface area contributed by atoms with Crippen molar-refractivity contribution in [2.24, 2.45) is 0 Å². The summed E-state index contributed by atoms with van der Waals surface area (Å²) in [7, 11) is 0. The molecule has 2 fully saturated rings. The second-order valence-electron chi connectivity index (χ2n) is 6.85. The zero-order valence-electron chi connectivity index (χ0n) is 15.6. The Hall–Kier alpha value is -2.43. The van der Waals surface area contributed by atoms with Gasteiger partial charge in [0.1, 0.15) is 0 Å². The average molecular weight is 370 g/mol. The van der Waals surface area contributed by atoms with E-state index >= 15 is 0 Å². The van der Waals surface area contributed by atoms with Crippen molar-refractivity contribution in [1.82, 2.24) is 9.80 Å². The summed E-state index contributed by atoms with van der Waals surface area (Å²) in [6.45, 7) is 5.63. The standard InChI is InChI=1S/C20H26N4O3/c21-7-3-8-23(11-10-22-12-14-27-15-13-22)20(26)17-4-1-5-18(16-17)24-9-2-6-19(24)25/h1,4-5,16H,2-3,6,8-15H2. The van der Waals surface area contributed by atoms with E-state index in [0.29, 0.717) is 38.0 Å². The van der Waals surface area contributed by atoms with Crippen LogP contribution in [0.15, 0.2) is 24.3 Å². The lowest BCUT2D eigenvalue weighted by atomic mass is 10.1. The van der Waals surface area contributed by atoms with Crippen molar-refractivity contribution in [2.45, 2.75) is 19.3 Å². The quantitative estimate of drug-likeness (QED) is 0.727. The Balaban J connectivity index is 1.68. The molecule has 0 N–H and O–H groups in total. The van der Waals surface area contributed by atoms with E-state index < -0.39 is 0 Å². The molecule has 0 aromatic heterocycles. The van der Waals surface area contributed by atoms with Gasteiger partial charge in [-0.25, -0.2) is 0 Å². The molecule has 0 radical (unpaired) electrons. The van der Waals surface area contributed by atoms with Gasteiger partial charge in [-0.2, -0.15) is 5.26 Å². The second kappa shape index (κ2) is 9.49. The molecule has 0 saturated carbocycles. The van der Waals surface area contributed by atoms with Crippen molar-refractivity contribution >= 4 is 17.5 Å². The van der Waals surface area contributed by atoms with Crippen LogP contribution in [0, 0.1) is 11.3 Å². The minimum atomic E-state index is -0.0907. The number of morpholine rings is 1. The lowest BCUT2D eigenvalue weighted by molar-refractivity contribution is -0.117. The maximum atomic E-state index is 13.0. The highest BCUT2D eigenvalue weighted by atomic mass is 16.5. The van der Waals surface area contributed by atoms with E-state index in [4.69, 9.17) is 10.00 Å². The van der Waals surface area contributed by atoms with Crippen LogP contribution in [0.2, 0.25) is 0 Å². The highest BCUT2D eigenvalue weighted by Gasteiger charge is 2.23. The third kappa shape index (κ3) is 5.06. The van der Waals surface area contributed by atoms with E-state index in [1.54, 1.807) is 21.9 Å². The first-order valence-electron chi connectivity index (χ1n) is 9.56. The smallest absolute Gasteiger partial charge is 0.254 e. The fraction of sp³-hybridized carbons (Fsp3) is 0.550. The molecule has 2 saturated heterocycles. The number of hydrogen-bond donors (Lipinski definition) is 0. The lowest BCUT2D eigenvalue weighted by Crippen LogP contribution is -2.43. The molecule has 1 aromatic rings. The summed E-state index contributed by atoms with van der Waals surface area (Å²) in [5.74, 6) is 0.0141. The fourth-order valence-electron chi connectivity index (χ4n) is 3.50. The first-order chi connectivity index (χ1) is 13.2. The van der Waals surface area contributed by atoms with Gasteiger partial charge in [-0.3, -0.25) is 14.5 Å². The van der Waals surface area contributed by atoms with Crippen LogP contribution in [0.4, 0.5) is 5.69 Å². The highest BCUT2D eigenvalue weighted by molar-refractivity contribution is 5.99. The number of rotatable bonds is 7. The predicted molar refractivity (Wildman–Crippen MR) is 101 cm³/mol. The van der Waals surface area contributed by atoms with Crippen molar-refractivity contribution < 1.29 is 14.3 Å². The number of carbonyl (C=O) groups is 2. The maximum absolute atomic E-state index is 13.0. The zero-order chi connectivity index (χ0) is 19.1. The Morgan fingerprint density at radius 2 is 2.04 bits per heavy atom. The molecule has 1 aromatic carbocycles. The Bertz CT molecular complexity index is 709. The molecule has 7 heteroatoms. The van der Waals surface area contributed by atoms with Gasteiger partial charge < -0.3 is 14.5 Å². The molecule has 0 spiro atoms. The van der Waals surface area contributed by atoms with Crippen LogP contribution in [0.3, 0.4) is 0 Å². The number of anilines is 1. The van der Waals surface area contributed by atoms with Gasteiger partial charge in [0.15, 0.2) is 0 Å². The third-order valence-corrected chi connectivity index (χ3v) is 5.05. The van der Waals surface area contributed by atoms with Crippen molar-refractivity contribution in [2.75, 3.05) is 57.4 Å². The van der Waals surface area contributed by atoms with Gasteiger partial charge in [0.05, 0.1) is 25.7 Å². The van der Waals surface area contributed by atoms with Crippen LogP contribution in [0.5, 0.6) is 0 Å². The van der Waals surface area contributed by atoms with Crippen LogP contribution in [-0.4, -0.2) is 74.1 Å². The molecule has 0 atom stereocenters. The number of carbonyl (C=O) groups excluding carboxylic acids is 2. The number of amides is 2. The van der Waals surface area contributed by atoms with Gasteiger partial charge >= 0.3 is 0 Å². The molecule has 2 heterocycles. The van der Waals surface area contributed by atoms with Crippen LogP contribution >= 0.6 is 0 Å². The monoisotopic (exact) mass is 370 g/mol. The third-order valence-electron chi connectivity index (χ3n) is 5.05. The van der Waals surface area contributed by atoms with Crippen LogP contribution in [0.1, 0.15) is 29.6 Å². The Morgan fingerprint density at radius 3 is 2.74 bits per heavy atom. The normalized spacial score (nSPS) is 17.7. The van der Waals surface area contributed by atoms with E-state index in [0.717, 1.165) is 45.0 Å². The molecule has 0 aliphatic carbocycles. The topological polar surface area (TPSA) is 76.9 Å². The summed E-state index contributed by atoms with van der Waals surface area (Å²) in [6, 6.07) is 9.38. The summed E-state index contributed by atoms with van der Waals surface area (Å²) in [6.07, 6.45) is 1.72. The Labute approximate surface area is 160 Å². The molecule has 0 unspecified atom stereocenters. The SMILES string of the molecule is N#CCCN(CCN1CCOCC1)C(=O)c1cccc(N2CCCC2=O)c1. The summed E-state index contributed by atoms with van der Waals surface area (Å²) in [5.41, 5.74) is 1.34. The van der Waals surface area contributed by atoms with Crippen LogP contribution in [0.25, 0.3) is 0 Å². The lowest BCUT2D eigenvalue weighted by Gasteiger charge is -2.30.